The lowest BCUT2D eigenvalue weighted by molar-refractivity contribution is 0.158. The average Bonchev–Trinajstić information content (AvgIpc) is 3.48. The van der Waals surface area contributed by atoms with Gasteiger partial charge in [-0.05, 0) is 62.8 Å². The van der Waals surface area contributed by atoms with Crippen molar-refractivity contribution in [2.45, 2.75) is 39.0 Å². The van der Waals surface area contributed by atoms with E-state index in [4.69, 9.17) is 15.3 Å². The van der Waals surface area contributed by atoms with Gasteiger partial charge in [-0.2, -0.15) is 0 Å². The van der Waals surface area contributed by atoms with Gasteiger partial charge in [0.15, 0.2) is 5.82 Å². The molecule has 11 nitrogen and oxygen atoms in total. The number of aryl methyl sites for hydroxylation is 1. The number of pyridine rings is 1. The van der Waals surface area contributed by atoms with Crippen molar-refractivity contribution in [3.63, 3.8) is 0 Å². The number of nitrogens with two attached hydrogens (primary N) is 1. The molecule has 4 rings (SSSR count). The molecular formula is C25H30FN5O6S. The number of aromatic nitrogens is 1. The lowest BCUT2D eigenvalue weighted by Gasteiger charge is -2.42. The predicted octanol–water partition coefficient (Wildman–Crippen LogP) is 5.32. The Morgan fingerprint density at radius 1 is 1.16 bits per heavy atom. The molecule has 1 aromatic carbocycles. The van der Waals surface area contributed by atoms with E-state index >= 15 is 0 Å². The largest absolute Gasteiger partial charge is 0.494 e. The molecule has 0 unspecified atom stereocenters. The van der Waals surface area contributed by atoms with Gasteiger partial charge in [0.05, 0.1) is 24.2 Å². The Balaban J connectivity index is 1.32. The Bertz CT molecular complexity index is 1260. The number of anilines is 2. The topological polar surface area (TPSA) is 151 Å². The fourth-order valence-corrected chi connectivity index (χ4v) is 6.81. The van der Waals surface area contributed by atoms with Crippen LogP contribution in [0, 0.1) is 5.82 Å². The molecule has 4 N–H and O–H groups in total. The molecule has 1 aromatic heterocycles. The van der Waals surface area contributed by atoms with Gasteiger partial charge in [0.25, 0.3) is 0 Å². The van der Waals surface area contributed by atoms with Gasteiger partial charge in [-0.25, -0.2) is 19.0 Å². The van der Waals surface area contributed by atoms with Crippen LogP contribution < -0.4 is 14.8 Å². The first-order chi connectivity index (χ1) is 18.3. The highest BCUT2D eigenvalue weighted by molar-refractivity contribution is 8.54. The van der Waals surface area contributed by atoms with Gasteiger partial charge in [0, 0.05) is 30.6 Å². The number of nitrogen functional groups attached to an aromatic ring is 1. The Morgan fingerprint density at radius 3 is 2.68 bits per heavy atom. The first-order valence-electron chi connectivity index (χ1n) is 12.2. The second-order valence-corrected chi connectivity index (χ2v) is 11.2. The number of nitrogens with zero attached hydrogens (tertiary/aromatic N) is 4. The third-order valence-electron chi connectivity index (χ3n) is 6.19. The van der Waals surface area contributed by atoms with E-state index < -0.39 is 26.8 Å². The molecule has 0 fully saturated rings. The van der Waals surface area contributed by atoms with Crippen LogP contribution in [0.15, 0.2) is 48.0 Å². The monoisotopic (exact) mass is 547 g/mol. The number of carboxylic acid groups (broad SMARTS) is 2. The summed E-state index contributed by atoms with van der Waals surface area (Å²) in [4.78, 5) is 33.5. The lowest BCUT2D eigenvalue weighted by atomic mass is 10.1. The Morgan fingerprint density at radius 2 is 1.95 bits per heavy atom. The number of unbranched alkanes of at least 4 members (excludes halogenated alkanes) is 2. The van der Waals surface area contributed by atoms with E-state index in [0.29, 0.717) is 32.5 Å². The van der Waals surface area contributed by atoms with Gasteiger partial charge in [-0.1, -0.05) is 5.16 Å². The number of oxime groups is 1. The number of ether oxygens (including phenoxy) is 1. The smallest absolute Gasteiger partial charge is 0.393 e. The predicted molar refractivity (Wildman–Crippen MR) is 143 cm³/mol. The summed E-state index contributed by atoms with van der Waals surface area (Å²) in [6.45, 7) is 3.03. The number of fused-ring (bicyclic) bond motifs is 1. The molecule has 2 heterocycles. The minimum atomic E-state index is -3.70. The van der Waals surface area contributed by atoms with Gasteiger partial charge in [-0.15, -0.1) is 0 Å². The third kappa shape index (κ3) is 5.19. The van der Waals surface area contributed by atoms with Gasteiger partial charge < -0.3 is 29.8 Å². The summed E-state index contributed by atoms with van der Waals surface area (Å²) in [5, 5.41) is 21.1. The van der Waals surface area contributed by atoms with E-state index in [-0.39, 0.29) is 18.1 Å². The van der Waals surface area contributed by atoms with Gasteiger partial charge in [0.1, 0.15) is 28.6 Å². The van der Waals surface area contributed by atoms with Gasteiger partial charge >= 0.3 is 10.6 Å². The fourth-order valence-electron chi connectivity index (χ4n) is 4.42. The molecular weight excluding hydrogens is 517 g/mol. The molecule has 0 saturated carbocycles. The summed E-state index contributed by atoms with van der Waals surface area (Å²) in [5.41, 5.74) is 8.57. The molecule has 0 saturated heterocycles. The average molecular weight is 548 g/mol. The van der Waals surface area contributed by atoms with E-state index in [2.05, 4.69) is 10.1 Å². The van der Waals surface area contributed by atoms with Crippen molar-refractivity contribution in [3.8, 4) is 5.75 Å². The van der Waals surface area contributed by atoms with Crippen LogP contribution in [0.2, 0.25) is 0 Å². The van der Waals surface area contributed by atoms with E-state index in [0.717, 1.165) is 46.4 Å². The zero-order valence-electron chi connectivity index (χ0n) is 20.9. The third-order valence-corrected chi connectivity index (χ3v) is 9.03. The van der Waals surface area contributed by atoms with Crippen molar-refractivity contribution in [3.05, 3.63) is 59.8 Å². The van der Waals surface area contributed by atoms with Crippen molar-refractivity contribution in [1.82, 2.24) is 9.29 Å². The highest BCUT2D eigenvalue weighted by Crippen LogP contribution is 2.61. The SMILES string of the molecule is CCO/N=C1\CCc2cc(OCCCCCN3C=CN(c4cc(N)ncc4F)S3(C(=O)O)C(=O)O)ccc21. The van der Waals surface area contributed by atoms with Crippen LogP contribution in [0.5, 0.6) is 5.75 Å². The quantitative estimate of drug-likeness (QED) is 0.263. The molecule has 1 aliphatic heterocycles. The van der Waals surface area contributed by atoms with E-state index in [1.165, 1.54) is 22.3 Å². The zero-order chi connectivity index (χ0) is 27.3. The van der Waals surface area contributed by atoms with Gasteiger partial charge in [0.2, 0.25) is 0 Å². The number of halogens is 1. The first kappa shape index (κ1) is 27.0. The molecule has 0 spiro atoms. The van der Waals surface area contributed by atoms with Crippen molar-refractivity contribution in [2.75, 3.05) is 29.8 Å². The standard InChI is InChI=1S/C25H30FN5O6S/c1-2-37-29-21-9-6-17-14-18(7-8-19(17)21)36-13-5-3-4-10-30-11-12-31(38(30,24(32)33)25(34)35)22-15-23(27)28-16-20(22)26/h7-8,11-12,14-16H,2-6,9-10,13H2,1H3,(H2,27,28)(H,32,33)(H,34,35)/b29-21+. The maximum atomic E-state index is 14.5. The van der Waals surface area contributed by atoms with Crippen LogP contribution in [0.4, 0.5) is 25.5 Å². The van der Waals surface area contributed by atoms with Crippen LogP contribution >= 0.6 is 10.4 Å². The minimum Gasteiger partial charge on any atom is -0.494 e. The molecule has 204 valence electrons. The summed E-state index contributed by atoms with van der Waals surface area (Å²) in [7, 11) is -3.70. The number of hydrogen-bond acceptors (Lipinski definition) is 9. The van der Waals surface area contributed by atoms with Crippen LogP contribution in [-0.4, -0.2) is 55.6 Å². The molecule has 0 radical (unpaired) electrons. The van der Waals surface area contributed by atoms with Crippen LogP contribution in [-0.2, 0) is 11.3 Å². The maximum Gasteiger partial charge on any atom is 0.393 e. The Hall–Kier alpha value is -4.00. The normalized spacial score (nSPS) is 17.5. The minimum absolute atomic E-state index is 0.0558. The summed E-state index contributed by atoms with van der Waals surface area (Å²) in [5.74, 6) is -0.162. The van der Waals surface area contributed by atoms with E-state index in [9.17, 15) is 24.2 Å². The van der Waals surface area contributed by atoms with Crippen LogP contribution in [0.25, 0.3) is 0 Å². The first-order valence-corrected chi connectivity index (χ1v) is 13.7. The van der Waals surface area contributed by atoms with E-state index in [1.807, 2.05) is 25.1 Å². The molecule has 0 bridgehead atoms. The highest BCUT2D eigenvalue weighted by atomic mass is 32.3. The molecule has 2 aromatic rings. The number of carbonyl (C=O) groups is 2. The fraction of sp³-hybridized carbons (Fsp3) is 0.360. The van der Waals surface area contributed by atoms with Crippen molar-refractivity contribution in [1.29, 1.82) is 0 Å². The number of benzene rings is 1. The Kier molecular flexibility index (Phi) is 8.25. The summed E-state index contributed by atoms with van der Waals surface area (Å²) in [6, 6.07) is 7.02. The summed E-state index contributed by atoms with van der Waals surface area (Å²) >= 11 is 0. The van der Waals surface area contributed by atoms with Crippen LogP contribution in [0.1, 0.15) is 43.7 Å². The van der Waals surface area contributed by atoms with E-state index in [1.54, 1.807) is 0 Å². The highest BCUT2D eigenvalue weighted by Gasteiger charge is 2.53. The second-order valence-electron chi connectivity index (χ2n) is 8.59. The molecule has 0 atom stereocenters. The molecule has 1 aliphatic carbocycles. The van der Waals surface area contributed by atoms with Crippen molar-refractivity contribution in [2.24, 2.45) is 5.16 Å². The van der Waals surface area contributed by atoms with Crippen molar-refractivity contribution >= 4 is 38.2 Å². The van der Waals surface area contributed by atoms with Gasteiger partial charge in [-0.3, -0.25) is 4.31 Å². The molecule has 2 aliphatic rings. The van der Waals surface area contributed by atoms with Crippen LogP contribution in [0.3, 0.4) is 0 Å². The summed E-state index contributed by atoms with van der Waals surface area (Å²) < 4.78 is 22.6. The number of rotatable bonds is 10. The maximum absolute atomic E-state index is 14.5. The Labute approximate surface area is 220 Å². The second kappa shape index (κ2) is 11.6. The summed E-state index contributed by atoms with van der Waals surface area (Å²) in [6.07, 6.45) is 7.06. The lowest BCUT2D eigenvalue weighted by Crippen LogP contribution is -2.40. The number of hydrogen-bond donors (Lipinski definition) is 3. The molecule has 0 amide bonds. The molecule has 38 heavy (non-hydrogen) atoms. The van der Waals surface area contributed by atoms with Crippen molar-refractivity contribution < 1.29 is 33.8 Å². The zero-order valence-corrected chi connectivity index (χ0v) is 21.7. The molecule has 13 heteroatoms.